The van der Waals surface area contributed by atoms with Crippen molar-refractivity contribution in [2.24, 2.45) is 0 Å². The molecule has 0 aliphatic rings. The normalized spacial score (nSPS) is 11.0. The largest absolute Gasteiger partial charge is 0.305 e. The van der Waals surface area contributed by atoms with Crippen LogP contribution in [-0.4, -0.2) is 30.3 Å². The molecule has 0 bridgehead atoms. The van der Waals surface area contributed by atoms with Gasteiger partial charge in [-0.25, -0.2) is 9.50 Å². The van der Waals surface area contributed by atoms with Crippen LogP contribution in [0.2, 0.25) is 0 Å². The zero-order valence-corrected chi connectivity index (χ0v) is 16.1. The molecule has 1 N–H and O–H groups in total. The average molecular weight is 400 g/mol. The Bertz CT molecular complexity index is 1270. The van der Waals surface area contributed by atoms with E-state index >= 15 is 0 Å². The standard InChI is InChI=1S/C21H16N6OS/c28-21(24-19-9-11-26(25-19)14-15-5-2-1-3-6-15)16-13-23-27-17(8-10-22-20(16)27)18-7-4-12-29-18/h1-13H,14H2,(H,24,25,28). The van der Waals surface area contributed by atoms with E-state index in [-0.39, 0.29) is 5.91 Å². The predicted molar refractivity (Wildman–Crippen MR) is 112 cm³/mol. The lowest BCUT2D eigenvalue weighted by atomic mass is 10.2. The lowest BCUT2D eigenvalue weighted by molar-refractivity contribution is 0.102. The van der Waals surface area contributed by atoms with Gasteiger partial charge in [0.25, 0.3) is 5.91 Å². The minimum absolute atomic E-state index is 0.291. The molecular weight excluding hydrogens is 384 g/mol. The maximum atomic E-state index is 12.8. The third-order valence-electron chi connectivity index (χ3n) is 4.49. The lowest BCUT2D eigenvalue weighted by Crippen LogP contribution is -2.13. The number of benzene rings is 1. The molecule has 0 atom stereocenters. The fourth-order valence-electron chi connectivity index (χ4n) is 3.13. The van der Waals surface area contributed by atoms with Crippen LogP contribution >= 0.6 is 11.3 Å². The van der Waals surface area contributed by atoms with Gasteiger partial charge in [-0.05, 0) is 23.1 Å². The summed E-state index contributed by atoms with van der Waals surface area (Å²) in [6.45, 7) is 0.638. The summed E-state index contributed by atoms with van der Waals surface area (Å²) >= 11 is 1.61. The SMILES string of the molecule is O=C(Nc1ccn(Cc2ccccc2)n1)c1cnn2c(-c3cccs3)ccnc12. The van der Waals surface area contributed by atoms with Gasteiger partial charge in [-0.15, -0.1) is 11.3 Å². The van der Waals surface area contributed by atoms with Gasteiger partial charge in [0.1, 0.15) is 5.56 Å². The van der Waals surface area contributed by atoms with Gasteiger partial charge >= 0.3 is 0 Å². The number of carbonyl (C=O) groups excluding carboxylic acids is 1. The third kappa shape index (κ3) is 3.41. The van der Waals surface area contributed by atoms with Crippen molar-refractivity contribution < 1.29 is 4.79 Å². The van der Waals surface area contributed by atoms with E-state index in [2.05, 4.69) is 20.5 Å². The van der Waals surface area contributed by atoms with Gasteiger partial charge in [-0.3, -0.25) is 9.48 Å². The highest BCUT2D eigenvalue weighted by atomic mass is 32.1. The van der Waals surface area contributed by atoms with E-state index < -0.39 is 0 Å². The van der Waals surface area contributed by atoms with Crippen LogP contribution in [0.3, 0.4) is 0 Å². The number of hydrogen-bond donors (Lipinski definition) is 1. The summed E-state index contributed by atoms with van der Waals surface area (Å²) in [6, 6.07) is 17.7. The van der Waals surface area contributed by atoms with E-state index in [0.717, 1.165) is 16.1 Å². The van der Waals surface area contributed by atoms with Gasteiger partial charge in [0.2, 0.25) is 0 Å². The van der Waals surface area contributed by atoms with Crippen LogP contribution in [0, 0.1) is 0 Å². The number of thiophene rings is 1. The molecule has 1 aromatic carbocycles. The zero-order chi connectivity index (χ0) is 19.6. The first-order valence-corrected chi connectivity index (χ1v) is 9.91. The highest BCUT2D eigenvalue weighted by molar-refractivity contribution is 7.13. The molecule has 7 nitrogen and oxygen atoms in total. The van der Waals surface area contributed by atoms with Gasteiger partial charge < -0.3 is 5.32 Å². The molecule has 5 rings (SSSR count). The molecule has 5 aromatic rings. The fourth-order valence-corrected chi connectivity index (χ4v) is 3.87. The van der Waals surface area contributed by atoms with Crippen LogP contribution in [-0.2, 0) is 6.54 Å². The van der Waals surface area contributed by atoms with Gasteiger partial charge in [0, 0.05) is 18.5 Å². The summed E-state index contributed by atoms with van der Waals surface area (Å²) in [6.07, 6.45) is 5.07. The van der Waals surface area contributed by atoms with Crippen molar-refractivity contribution in [2.75, 3.05) is 5.32 Å². The molecule has 4 heterocycles. The summed E-state index contributed by atoms with van der Waals surface area (Å²) in [5, 5.41) is 13.6. The smallest absolute Gasteiger partial charge is 0.262 e. The summed E-state index contributed by atoms with van der Waals surface area (Å²) < 4.78 is 3.48. The first kappa shape index (κ1) is 17.3. The molecule has 0 saturated heterocycles. The van der Waals surface area contributed by atoms with Crippen LogP contribution in [0.5, 0.6) is 0 Å². The predicted octanol–water partition coefficient (Wildman–Crippen LogP) is 3.95. The van der Waals surface area contributed by atoms with Gasteiger partial charge in [0.15, 0.2) is 11.5 Å². The molecule has 8 heteroatoms. The number of carbonyl (C=O) groups is 1. The van der Waals surface area contributed by atoms with Crippen LogP contribution in [0.4, 0.5) is 5.82 Å². The van der Waals surface area contributed by atoms with Crippen molar-refractivity contribution in [3.05, 3.63) is 89.7 Å². The minimum atomic E-state index is -0.291. The second-order valence-electron chi connectivity index (χ2n) is 6.44. The maximum Gasteiger partial charge on any atom is 0.262 e. The highest BCUT2D eigenvalue weighted by Gasteiger charge is 2.17. The number of nitrogens with one attached hydrogen (secondary N) is 1. The molecule has 0 saturated carbocycles. The molecule has 0 radical (unpaired) electrons. The molecule has 0 spiro atoms. The monoisotopic (exact) mass is 400 g/mol. The van der Waals surface area contributed by atoms with Crippen molar-refractivity contribution in [1.82, 2.24) is 24.4 Å². The third-order valence-corrected chi connectivity index (χ3v) is 5.38. The summed E-state index contributed by atoms with van der Waals surface area (Å²) in [4.78, 5) is 18.2. The van der Waals surface area contributed by atoms with E-state index in [0.29, 0.717) is 23.6 Å². The molecule has 142 valence electrons. The Morgan fingerprint density at radius 1 is 1.07 bits per heavy atom. The van der Waals surface area contributed by atoms with Crippen molar-refractivity contribution in [3.8, 4) is 10.6 Å². The van der Waals surface area contributed by atoms with Crippen molar-refractivity contribution in [1.29, 1.82) is 0 Å². The number of hydrogen-bond acceptors (Lipinski definition) is 5. The van der Waals surface area contributed by atoms with E-state index in [1.54, 1.807) is 32.8 Å². The molecule has 0 aliphatic carbocycles. The Morgan fingerprint density at radius 3 is 2.79 bits per heavy atom. The van der Waals surface area contributed by atoms with Crippen LogP contribution < -0.4 is 5.32 Å². The van der Waals surface area contributed by atoms with Crippen molar-refractivity contribution in [3.63, 3.8) is 0 Å². The Kier molecular flexibility index (Phi) is 4.38. The number of aromatic nitrogens is 5. The second-order valence-corrected chi connectivity index (χ2v) is 7.39. The van der Waals surface area contributed by atoms with Gasteiger partial charge in [0.05, 0.1) is 23.3 Å². The molecule has 0 aliphatic heterocycles. The minimum Gasteiger partial charge on any atom is -0.305 e. The first-order chi connectivity index (χ1) is 14.3. The summed E-state index contributed by atoms with van der Waals surface area (Å²) in [5.41, 5.74) is 2.95. The van der Waals surface area contributed by atoms with Gasteiger partial charge in [-0.2, -0.15) is 10.2 Å². The summed E-state index contributed by atoms with van der Waals surface area (Å²) in [5.74, 6) is 0.195. The van der Waals surface area contributed by atoms with E-state index in [9.17, 15) is 4.79 Å². The van der Waals surface area contributed by atoms with Crippen molar-refractivity contribution in [2.45, 2.75) is 6.54 Å². The fraction of sp³-hybridized carbons (Fsp3) is 0.0476. The van der Waals surface area contributed by atoms with E-state index in [4.69, 9.17) is 0 Å². The van der Waals surface area contributed by atoms with E-state index in [1.165, 1.54) is 6.20 Å². The highest BCUT2D eigenvalue weighted by Crippen LogP contribution is 2.25. The molecule has 0 fully saturated rings. The summed E-state index contributed by atoms with van der Waals surface area (Å²) in [7, 11) is 0. The Balaban J connectivity index is 1.38. The second kappa shape index (κ2) is 7.33. The number of anilines is 1. The topological polar surface area (TPSA) is 77.1 Å². The molecule has 0 unspecified atom stereocenters. The van der Waals surface area contributed by atoms with Gasteiger partial charge in [-0.1, -0.05) is 36.4 Å². The number of amides is 1. The molecule has 1 amide bonds. The van der Waals surface area contributed by atoms with Crippen LogP contribution in [0.25, 0.3) is 16.2 Å². The van der Waals surface area contributed by atoms with Crippen LogP contribution in [0.15, 0.2) is 78.6 Å². The zero-order valence-electron chi connectivity index (χ0n) is 15.3. The number of nitrogens with zero attached hydrogens (tertiary/aromatic N) is 5. The van der Waals surface area contributed by atoms with Crippen molar-refractivity contribution >= 4 is 28.7 Å². The molecular formula is C21H16N6OS. The Labute approximate surface area is 170 Å². The van der Waals surface area contributed by atoms with Crippen LogP contribution in [0.1, 0.15) is 15.9 Å². The Hall–Kier alpha value is -3.78. The Morgan fingerprint density at radius 2 is 1.97 bits per heavy atom. The first-order valence-electron chi connectivity index (χ1n) is 9.03. The lowest BCUT2D eigenvalue weighted by Gasteiger charge is -2.03. The maximum absolute atomic E-state index is 12.8. The number of fused-ring (bicyclic) bond motifs is 1. The van der Waals surface area contributed by atoms with E-state index in [1.807, 2.05) is 60.1 Å². The number of rotatable bonds is 5. The molecule has 4 aromatic heterocycles. The quantitative estimate of drug-likeness (QED) is 0.485. The molecule has 29 heavy (non-hydrogen) atoms. The average Bonchev–Trinajstić information content (AvgIpc) is 3.49.